The highest BCUT2D eigenvalue weighted by molar-refractivity contribution is 5.40. The first kappa shape index (κ1) is 20.1. The van der Waals surface area contributed by atoms with Gasteiger partial charge in [-0.2, -0.15) is 0 Å². The van der Waals surface area contributed by atoms with Crippen molar-refractivity contribution in [3.8, 4) is 11.5 Å². The van der Waals surface area contributed by atoms with E-state index in [2.05, 4.69) is 51.2 Å². The third-order valence-corrected chi connectivity index (χ3v) is 4.67. The van der Waals surface area contributed by atoms with E-state index in [4.69, 9.17) is 9.47 Å². The van der Waals surface area contributed by atoms with Crippen LogP contribution >= 0.6 is 0 Å². The van der Waals surface area contributed by atoms with Crippen molar-refractivity contribution < 1.29 is 9.47 Å². The Hall–Kier alpha value is -1.22. The molecule has 25 heavy (non-hydrogen) atoms. The summed E-state index contributed by atoms with van der Waals surface area (Å²) in [5.74, 6) is 3.76. The van der Waals surface area contributed by atoms with Crippen molar-refractivity contribution in [2.75, 3.05) is 19.8 Å². The van der Waals surface area contributed by atoms with Gasteiger partial charge in [0.05, 0.1) is 13.2 Å². The summed E-state index contributed by atoms with van der Waals surface area (Å²) in [5, 5.41) is 3.65. The maximum Gasteiger partial charge on any atom is 0.127 e. The predicted molar refractivity (Wildman–Crippen MR) is 105 cm³/mol. The van der Waals surface area contributed by atoms with Crippen molar-refractivity contribution >= 4 is 0 Å². The van der Waals surface area contributed by atoms with Gasteiger partial charge in [0.15, 0.2) is 0 Å². The van der Waals surface area contributed by atoms with Gasteiger partial charge in [0.2, 0.25) is 0 Å². The number of hydrogen-bond donors (Lipinski definition) is 1. The fraction of sp³-hybridized carbons (Fsp3) is 0.727. The van der Waals surface area contributed by atoms with Gasteiger partial charge in [-0.1, -0.05) is 53.0 Å². The van der Waals surface area contributed by atoms with Gasteiger partial charge in [0.1, 0.15) is 11.5 Å². The quantitative estimate of drug-likeness (QED) is 0.612. The molecule has 1 aromatic rings. The van der Waals surface area contributed by atoms with E-state index < -0.39 is 0 Å². The lowest BCUT2D eigenvalue weighted by atomic mass is 9.89. The Bertz CT molecular complexity index is 493. The second-order valence-electron chi connectivity index (χ2n) is 8.31. The number of nitrogens with one attached hydrogen (secondary N) is 1. The van der Waals surface area contributed by atoms with Crippen LogP contribution < -0.4 is 14.8 Å². The minimum Gasteiger partial charge on any atom is -0.493 e. The lowest BCUT2D eigenvalue weighted by Crippen LogP contribution is -2.24. The molecule has 1 N–H and O–H groups in total. The number of benzene rings is 1. The summed E-state index contributed by atoms with van der Waals surface area (Å²) in [5.41, 5.74) is 1.23. The van der Waals surface area contributed by atoms with Crippen LogP contribution in [0.2, 0.25) is 0 Å². The monoisotopic (exact) mass is 347 g/mol. The smallest absolute Gasteiger partial charge is 0.127 e. The molecule has 0 aromatic heterocycles. The summed E-state index contributed by atoms with van der Waals surface area (Å²) in [6.07, 6.45) is 6.98. The number of hydrogen-bond acceptors (Lipinski definition) is 3. The molecule has 0 atom stereocenters. The molecule has 1 saturated carbocycles. The molecule has 0 spiro atoms. The van der Waals surface area contributed by atoms with Crippen LogP contribution in [0.15, 0.2) is 18.2 Å². The van der Waals surface area contributed by atoms with Crippen LogP contribution in [0.1, 0.15) is 65.4 Å². The van der Waals surface area contributed by atoms with Crippen LogP contribution in [0.3, 0.4) is 0 Å². The molecule has 0 unspecified atom stereocenters. The topological polar surface area (TPSA) is 30.5 Å². The normalized spacial score (nSPS) is 15.8. The van der Waals surface area contributed by atoms with Gasteiger partial charge in [-0.15, -0.1) is 0 Å². The van der Waals surface area contributed by atoms with Gasteiger partial charge in [-0.3, -0.25) is 0 Å². The minimum absolute atomic E-state index is 0.517. The lowest BCUT2D eigenvalue weighted by Gasteiger charge is -2.22. The fourth-order valence-corrected chi connectivity index (χ4v) is 3.23. The Labute approximate surface area is 154 Å². The molecule has 0 heterocycles. The van der Waals surface area contributed by atoms with Crippen LogP contribution in [-0.4, -0.2) is 19.8 Å². The van der Waals surface area contributed by atoms with Crippen molar-refractivity contribution in [3.05, 3.63) is 23.8 Å². The molecule has 1 aliphatic rings. The average Bonchev–Trinajstić information content (AvgIpc) is 2.60. The van der Waals surface area contributed by atoms with Crippen molar-refractivity contribution in [1.29, 1.82) is 0 Å². The Morgan fingerprint density at radius 3 is 2.32 bits per heavy atom. The van der Waals surface area contributed by atoms with Crippen molar-refractivity contribution in [3.63, 3.8) is 0 Å². The first-order chi connectivity index (χ1) is 12.0. The summed E-state index contributed by atoms with van der Waals surface area (Å²) in [6.45, 7) is 12.2. The summed E-state index contributed by atoms with van der Waals surface area (Å²) >= 11 is 0. The average molecular weight is 348 g/mol. The molecule has 1 fully saturated rings. The molecule has 0 amide bonds. The zero-order valence-corrected chi connectivity index (χ0v) is 16.6. The van der Waals surface area contributed by atoms with Gasteiger partial charge >= 0.3 is 0 Å². The van der Waals surface area contributed by atoms with Gasteiger partial charge in [0.25, 0.3) is 0 Å². The van der Waals surface area contributed by atoms with Crippen molar-refractivity contribution in [1.82, 2.24) is 5.32 Å². The maximum atomic E-state index is 6.07. The summed E-state index contributed by atoms with van der Waals surface area (Å²) < 4.78 is 11.9. The van der Waals surface area contributed by atoms with E-state index in [1.165, 1.54) is 37.7 Å². The van der Waals surface area contributed by atoms with Crippen LogP contribution in [0.4, 0.5) is 0 Å². The summed E-state index contributed by atoms with van der Waals surface area (Å²) in [4.78, 5) is 0. The van der Waals surface area contributed by atoms with E-state index in [0.717, 1.165) is 43.7 Å². The molecular weight excluding hydrogens is 310 g/mol. The van der Waals surface area contributed by atoms with E-state index >= 15 is 0 Å². The number of rotatable bonds is 10. The molecule has 0 radical (unpaired) electrons. The van der Waals surface area contributed by atoms with Crippen molar-refractivity contribution in [2.24, 2.45) is 17.8 Å². The van der Waals surface area contributed by atoms with Crippen LogP contribution in [0.5, 0.6) is 11.5 Å². The highest BCUT2D eigenvalue weighted by atomic mass is 16.5. The van der Waals surface area contributed by atoms with E-state index in [1.807, 2.05) is 0 Å². The first-order valence-corrected chi connectivity index (χ1v) is 10.1. The van der Waals surface area contributed by atoms with Crippen LogP contribution in [0, 0.1) is 17.8 Å². The van der Waals surface area contributed by atoms with Gasteiger partial charge in [-0.25, -0.2) is 0 Å². The second kappa shape index (κ2) is 10.7. The first-order valence-electron chi connectivity index (χ1n) is 10.1. The van der Waals surface area contributed by atoms with E-state index in [-0.39, 0.29) is 0 Å². The predicted octanol–water partition coefficient (Wildman–Crippen LogP) is 5.43. The zero-order valence-electron chi connectivity index (χ0n) is 16.6. The SMILES string of the molecule is CC(C)COc1ccc(CNCC2CCCCC2)c(OCC(C)C)c1. The zero-order chi connectivity index (χ0) is 18.1. The third-order valence-electron chi connectivity index (χ3n) is 4.67. The molecule has 0 bridgehead atoms. The molecule has 1 aromatic carbocycles. The second-order valence-corrected chi connectivity index (χ2v) is 8.31. The molecule has 3 nitrogen and oxygen atoms in total. The van der Waals surface area contributed by atoms with Gasteiger partial charge in [-0.05, 0) is 43.2 Å². The Morgan fingerprint density at radius 2 is 1.64 bits per heavy atom. The lowest BCUT2D eigenvalue weighted by molar-refractivity contribution is 0.255. The summed E-state index contributed by atoms with van der Waals surface area (Å²) in [7, 11) is 0. The van der Waals surface area contributed by atoms with E-state index in [1.54, 1.807) is 0 Å². The Morgan fingerprint density at radius 1 is 0.960 bits per heavy atom. The molecular formula is C22H37NO2. The molecule has 0 aliphatic heterocycles. The molecule has 3 heteroatoms. The van der Waals surface area contributed by atoms with E-state index in [9.17, 15) is 0 Å². The molecule has 0 saturated heterocycles. The van der Waals surface area contributed by atoms with Gasteiger partial charge in [0, 0.05) is 18.2 Å². The molecule has 2 rings (SSSR count). The Kier molecular flexibility index (Phi) is 8.60. The van der Waals surface area contributed by atoms with Crippen LogP contribution in [-0.2, 0) is 6.54 Å². The summed E-state index contributed by atoms with van der Waals surface area (Å²) in [6, 6.07) is 6.28. The molecule has 1 aliphatic carbocycles. The molecule has 142 valence electrons. The maximum absolute atomic E-state index is 6.07. The fourth-order valence-electron chi connectivity index (χ4n) is 3.23. The van der Waals surface area contributed by atoms with Gasteiger partial charge < -0.3 is 14.8 Å². The van der Waals surface area contributed by atoms with Crippen molar-refractivity contribution in [2.45, 2.75) is 66.3 Å². The highest BCUT2D eigenvalue weighted by Gasteiger charge is 2.13. The third kappa shape index (κ3) is 7.68. The standard InChI is InChI=1S/C22H37NO2/c1-17(2)15-24-21-11-10-20(22(12-21)25-16-18(3)4)14-23-13-19-8-6-5-7-9-19/h10-12,17-19,23H,5-9,13-16H2,1-4H3. The highest BCUT2D eigenvalue weighted by Crippen LogP contribution is 2.27. The number of ether oxygens (including phenoxy) is 2. The largest absolute Gasteiger partial charge is 0.493 e. The minimum atomic E-state index is 0.517. The Balaban J connectivity index is 1.93. The van der Waals surface area contributed by atoms with E-state index in [0.29, 0.717) is 11.8 Å². The van der Waals surface area contributed by atoms with Crippen LogP contribution in [0.25, 0.3) is 0 Å².